The van der Waals surface area contributed by atoms with E-state index >= 15 is 0 Å². The molecule has 0 unspecified atom stereocenters. The molecule has 4 aliphatic carbocycles. The molecule has 1 N–H and O–H groups in total. The molecule has 0 heterocycles. The van der Waals surface area contributed by atoms with Crippen molar-refractivity contribution in [2.24, 2.45) is 23.2 Å². The third-order valence-corrected chi connectivity index (χ3v) is 5.34. The highest BCUT2D eigenvalue weighted by Crippen LogP contribution is 2.60. The Morgan fingerprint density at radius 2 is 1.61 bits per heavy atom. The molecule has 4 bridgehead atoms. The van der Waals surface area contributed by atoms with Crippen molar-refractivity contribution in [3.8, 4) is 0 Å². The molecule has 4 fully saturated rings. The first-order valence-corrected chi connectivity index (χ1v) is 7.46. The summed E-state index contributed by atoms with van der Waals surface area (Å²) < 4.78 is 0. The van der Waals surface area contributed by atoms with Crippen LogP contribution in [0, 0.1) is 23.2 Å². The van der Waals surface area contributed by atoms with E-state index < -0.39 is 0 Å². The van der Waals surface area contributed by atoms with Gasteiger partial charge in [-0.25, -0.2) is 0 Å². The maximum Gasteiger partial charge on any atom is 0.152 e. The van der Waals surface area contributed by atoms with E-state index in [1.54, 1.807) is 0 Å². The first-order valence-electron chi connectivity index (χ1n) is 7.46. The van der Waals surface area contributed by atoms with Crippen molar-refractivity contribution in [3.63, 3.8) is 0 Å². The molecule has 18 heavy (non-hydrogen) atoms. The molecule has 0 saturated heterocycles. The average molecular weight is 272 g/mol. The number of rotatable bonds is 5. The number of ketones is 1. The highest BCUT2D eigenvalue weighted by molar-refractivity contribution is 5.87. The first-order chi connectivity index (χ1) is 8.22. The summed E-state index contributed by atoms with van der Waals surface area (Å²) in [6, 6.07) is 0. The molecular weight excluding hydrogens is 246 g/mol. The van der Waals surface area contributed by atoms with Crippen LogP contribution in [-0.2, 0) is 4.79 Å². The molecule has 3 heteroatoms. The van der Waals surface area contributed by atoms with Crippen molar-refractivity contribution in [2.45, 2.75) is 51.9 Å². The van der Waals surface area contributed by atoms with Gasteiger partial charge in [0.05, 0.1) is 6.54 Å². The molecule has 4 saturated carbocycles. The van der Waals surface area contributed by atoms with Crippen LogP contribution in [0.5, 0.6) is 0 Å². The molecule has 0 aromatic rings. The van der Waals surface area contributed by atoms with Crippen LogP contribution in [0.25, 0.3) is 0 Å². The Kier molecular flexibility index (Phi) is 4.38. The monoisotopic (exact) mass is 271 g/mol. The number of Topliss-reactive ketones (excluding diaryl/α,β-unsaturated/α-hetero) is 1. The fraction of sp³-hybridized carbons (Fsp3) is 0.933. The number of carbonyl (C=O) groups excluding carboxylic acids is 1. The number of carbonyl (C=O) groups is 1. The van der Waals surface area contributed by atoms with Gasteiger partial charge in [0, 0.05) is 5.41 Å². The van der Waals surface area contributed by atoms with Gasteiger partial charge < -0.3 is 5.32 Å². The molecule has 0 aromatic heterocycles. The van der Waals surface area contributed by atoms with Gasteiger partial charge in [-0.05, 0) is 69.2 Å². The minimum absolute atomic E-state index is 0. The number of hydrogen-bond donors (Lipinski definition) is 1. The quantitative estimate of drug-likeness (QED) is 0.778. The van der Waals surface area contributed by atoms with Crippen LogP contribution in [0.1, 0.15) is 51.9 Å². The summed E-state index contributed by atoms with van der Waals surface area (Å²) in [7, 11) is 0. The number of nitrogens with one attached hydrogen (secondary N) is 1. The van der Waals surface area contributed by atoms with Crippen molar-refractivity contribution in [3.05, 3.63) is 0 Å². The normalized spacial score (nSPS) is 40.6. The summed E-state index contributed by atoms with van der Waals surface area (Å²) in [5.41, 5.74) is 0.107. The van der Waals surface area contributed by atoms with Crippen LogP contribution in [0.2, 0.25) is 0 Å². The topological polar surface area (TPSA) is 29.1 Å². The second-order valence-electron chi connectivity index (χ2n) is 6.80. The van der Waals surface area contributed by atoms with Crippen molar-refractivity contribution < 1.29 is 4.79 Å². The predicted octanol–water partition coefficient (Wildman–Crippen LogP) is 3.19. The molecule has 0 radical (unpaired) electrons. The van der Waals surface area contributed by atoms with Crippen LogP contribution in [0.15, 0.2) is 0 Å². The Hall–Kier alpha value is -0.0800. The molecular formula is C15H26ClNO. The molecule has 0 atom stereocenters. The molecule has 0 spiro atoms. The van der Waals surface area contributed by atoms with Gasteiger partial charge in [-0.2, -0.15) is 0 Å². The summed E-state index contributed by atoms with van der Waals surface area (Å²) >= 11 is 0. The lowest BCUT2D eigenvalue weighted by Gasteiger charge is -2.56. The van der Waals surface area contributed by atoms with Crippen molar-refractivity contribution >= 4 is 18.2 Å². The van der Waals surface area contributed by atoms with E-state index in [1.165, 1.54) is 38.5 Å². The summed E-state index contributed by atoms with van der Waals surface area (Å²) in [6.07, 6.45) is 9.04. The lowest BCUT2D eigenvalue weighted by atomic mass is 9.48. The first kappa shape index (κ1) is 14.3. The van der Waals surface area contributed by atoms with E-state index in [4.69, 9.17) is 0 Å². The number of hydrogen-bond acceptors (Lipinski definition) is 2. The van der Waals surface area contributed by atoms with Crippen molar-refractivity contribution in [2.75, 3.05) is 13.1 Å². The van der Waals surface area contributed by atoms with Crippen LogP contribution < -0.4 is 5.32 Å². The van der Waals surface area contributed by atoms with Gasteiger partial charge in [0.1, 0.15) is 0 Å². The van der Waals surface area contributed by atoms with Gasteiger partial charge in [-0.15, -0.1) is 12.4 Å². The van der Waals surface area contributed by atoms with Crippen molar-refractivity contribution in [1.82, 2.24) is 5.32 Å². The zero-order valence-electron chi connectivity index (χ0n) is 11.4. The van der Waals surface area contributed by atoms with Crippen LogP contribution in [-0.4, -0.2) is 18.9 Å². The zero-order chi connectivity index (χ0) is 11.9. The van der Waals surface area contributed by atoms with E-state index in [2.05, 4.69) is 12.2 Å². The highest BCUT2D eigenvalue weighted by Gasteiger charge is 2.53. The van der Waals surface area contributed by atoms with Gasteiger partial charge >= 0.3 is 0 Å². The van der Waals surface area contributed by atoms with Crippen LogP contribution >= 0.6 is 12.4 Å². The van der Waals surface area contributed by atoms with Gasteiger partial charge in [0.2, 0.25) is 0 Å². The smallest absolute Gasteiger partial charge is 0.152 e. The molecule has 0 amide bonds. The zero-order valence-corrected chi connectivity index (χ0v) is 12.2. The van der Waals surface area contributed by atoms with Gasteiger partial charge in [0.25, 0.3) is 0 Å². The SMILES string of the molecule is CCCNCC(=O)C12CC3CC(CC(C3)C1)C2.Cl. The van der Waals surface area contributed by atoms with E-state index in [-0.39, 0.29) is 17.8 Å². The molecule has 4 aliphatic rings. The van der Waals surface area contributed by atoms with Gasteiger partial charge in [0.15, 0.2) is 5.78 Å². The van der Waals surface area contributed by atoms with E-state index in [1.807, 2.05) is 0 Å². The Morgan fingerprint density at radius 3 is 2.06 bits per heavy atom. The predicted molar refractivity (Wildman–Crippen MR) is 76.0 cm³/mol. The maximum absolute atomic E-state index is 12.5. The third kappa shape index (κ3) is 2.46. The fourth-order valence-electron chi connectivity index (χ4n) is 5.02. The minimum atomic E-state index is 0. The summed E-state index contributed by atoms with van der Waals surface area (Å²) in [4.78, 5) is 12.5. The average Bonchev–Trinajstić information content (AvgIpc) is 2.27. The largest absolute Gasteiger partial charge is 0.310 e. The lowest BCUT2D eigenvalue weighted by Crippen LogP contribution is -2.52. The lowest BCUT2D eigenvalue weighted by molar-refractivity contribution is -0.142. The molecule has 2 nitrogen and oxygen atoms in total. The second kappa shape index (κ2) is 5.50. The Bertz CT molecular complexity index is 280. The van der Waals surface area contributed by atoms with Crippen LogP contribution in [0.3, 0.4) is 0 Å². The summed E-state index contributed by atoms with van der Waals surface area (Å²) in [5, 5.41) is 3.31. The van der Waals surface area contributed by atoms with Gasteiger partial charge in [-0.3, -0.25) is 4.79 Å². The third-order valence-electron chi connectivity index (χ3n) is 5.34. The van der Waals surface area contributed by atoms with E-state index in [9.17, 15) is 4.79 Å². The van der Waals surface area contributed by atoms with E-state index in [0.717, 1.165) is 30.7 Å². The standard InChI is InChI=1S/C15H25NO.ClH/c1-2-3-16-10-14(17)15-7-11-4-12(8-15)6-13(5-11)9-15;/h11-13,16H,2-10H2,1H3;1H. The van der Waals surface area contributed by atoms with E-state index in [0.29, 0.717) is 12.3 Å². The minimum Gasteiger partial charge on any atom is -0.310 e. The molecule has 0 aliphatic heterocycles. The fourth-order valence-corrected chi connectivity index (χ4v) is 5.02. The highest BCUT2D eigenvalue weighted by atomic mass is 35.5. The molecule has 4 rings (SSSR count). The second-order valence-corrected chi connectivity index (χ2v) is 6.80. The van der Waals surface area contributed by atoms with Crippen LogP contribution in [0.4, 0.5) is 0 Å². The number of halogens is 1. The van der Waals surface area contributed by atoms with Crippen molar-refractivity contribution in [1.29, 1.82) is 0 Å². The maximum atomic E-state index is 12.5. The van der Waals surface area contributed by atoms with Gasteiger partial charge in [-0.1, -0.05) is 6.92 Å². The summed E-state index contributed by atoms with van der Waals surface area (Å²) in [6.45, 7) is 3.76. The Balaban J connectivity index is 0.00000120. The molecule has 104 valence electrons. The Labute approximate surface area is 117 Å². The Morgan fingerprint density at radius 1 is 1.11 bits per heavy atom. The molecule has 0 aromatic carbocycles. The summed E-state index contributed by atoms with van der Waals surface area (Å²) in [5.74, 6) is 3.19.